The summed E-state index contributed by atoms with van der Waals surface area (Å²) in [5.74, 6) is 1.32. The van der Waals surface area contributed by atoms with Gasteiger partial charge in [-0.1, -0.05) is 91.6 Å². The third-order valence-electron chi connectivity index (χ3n) is 8.05. The molecule has 6 nitrogen and oxygen atoms in total. The minimum absolute atomic E-state index is 0.0154. The number of nitrogens with zero attached hydrogens (tertiary/aromatic N) is 2. The standard InChI is InChI=1S/C32H50N2O4/c1-22(2)13-15-25-17-27(34(20-25)31(37)32(5,6)7)29(35)33-19-26(16-14-23(3)4)18-28(33)30(36)38-21-24-11-9-8-10-12-24/h8-12,22-23,25-28H,13-21H2,1-7H3/t25-,26-,27-,28-/m0/s1. The first kappa shape index (κ1) is 30.2. The number of likely N-dealkylation sites (tertiary alicyclic amines) is 2. The van der Waals surface area contributed by atoms with Crippen molar-refractivity contribution in [2.75, 3.05) is 13.1 Å². The number of benzene rings is 1. The third-order valence-corrected chi connectivity index (χ3v) is 8.05. The van der Waals surface area contributed by atoms with Gasteiger partial charge < -0.3 is 14.5 Å². The monoisotopic (exact) mass is 526 g/mol. The van der Waals surface area contributed by atoms with Crippen molar-refractivity contribution in [2.24, 2.45) is 29.1 Å². The Morgan fingerprint density at radius 1 is 0.842 bits per heavy atom. The Kier molecular flexibility index (Phi) is 10.4. The molecule has 3 rings (SSSR count). The van der Waals surface area contributed by atoms with E-state index in [1.54, 1.807) is 4.90 Å². The molecule has 0 N–H and O–H groups in total. The van der Waals surface area contributed by atoms with Crippen LogP contribution in [0.25, 0.3) is 0 Å². The molecular formula is C32H50N2O4. The summed E-state index contributed by atoms with van der Waals surface area (Å²) in [7, 11) is 0. The average molecular weight is 527 g/mol. The fraction of sp³-hybridized carbons (Fsp3) is 0.719. The van der Waals surface area contributed by atoms with Gasteiger partial charge in [-0.05, 0) is 54.9 Å². The lowest BCUT2D eigenvalue weighted by Gasteiger charge is -2.33. The number of carbonyl (C=O) groups is 3. The van der Waals surface area contributed by atoms with Crippen LogP contribution in [0.2, 0.25) is 0 Å². The maximum Gasteiger partial charge on any atom is 0.329 e. The van der Waals surface area contributed by atoms with Crippen molar-refractivity contribution in [1.29, 1.82) is 0 Å². The first-order chi connectivity index (χ1) is 17.9. The first-order valence-electron chi connectivity index (χ1n) is 14.7. The lowest BCUT2D eigenvalue weighted by atomic mass is 9.94. The van der Waals surface area contributed by atoms with Crippen LogP contribution in [0.3, 0.4) is 0 Å². The van der Waals surface area contributed by atoms with Crippen LogP contribution in [0.15, 0.2) is 30.3 Å². The van der Waals surface area contributed by atoms with Gasteiger partial charge in [0.2, 0.25) is 11.8 Å². The normalized spacial score (nSPS) is 23.9. The highest BCUT2D eigenvalue weighted by molar-refractivity contribution is 5.93. The van der Waals surface area contributed by atoms with Crippen LogP contribution in [-0.2, 0) is 25.7 Å². The van der Waals surface area contributed by atoms with E-state index < -0.39 is 17.5 Å². The second-order valence-corrected chi connectivity index (χ2v) is 13.5. The molecule has 2 amide bonds. The molecule has 2 fully saturated rings. The van der Waals surface area contributed by atoms with Gasteiger partial charge in [0.15, 0.2) is 0 Å². The van der Waals surface area contributed by atoms with Crippen LogP contribution in [0.1, 0.15) is 92.6 Å². The van der Waals surface area contributed by atoms with Gasteiger partial charge in [0.05, 0.1) is 0 Å². The first-order valence-corrected chi connectivity index (χ1v) is 14.7. The summed E-state index contributed by atoms with van der Waals surface area (Å²) in [5, 5.41) is 0. The summed E-state index contributed by atoms with van der Waals surface area (Å²) in [6.07, 6.45) is 5.44. The van der Waals surface area contributed by atoms with Crippen LogP contribution in [0.4, 0.5) is 0 Å². The van der Waals surface area contributed by atoms with Gasteiger partial charge in [-0.15, -0.1) is 0 Å². The third kappa shape index (κ3) is 8.07. The fourth-order valence-corrected chi connectivity index (χ4v) is 5.77. The van der Waals surface area contributed by atoms with Crippen LogP contribution < -0.4 is 0 Å². The molecule has 4 atom stereocenters. The van der Waals surface area contributed by atoms with Crippen molar-refractivity contribution in [1.82, 2.24) is 9.80 Å². The summed E-state index contributed by atoms with van der Waals surface area (Å²) >= 11 is 0. The van der Waals surface area contributed by atoms with Crippen molar-refractivity contribution in [2.45, 2.75) is 106 Å². The van der Waals surface area contributed by atoms with Gasteiger partial charge in [0.1, 0.15) is 18.7 Å². The second-order valence-electron chi connectivity index (χ2n) is 13.5. The zero-order valence-electron chi connectivity index (χ0n) is 24.7. The van der Waals surface area contributed by atoms with E-state index in [-0.39, 0.29) is 30.3 Å². The van der Waals surface area contributed by atoms with Crippen LogP contribution in [0, 0.1) is 29.1 Å². The Bertz CT molecular complexity index is 937. The molecule has 0 aromatic heterocycles. The summed E-state index contributed by atoms with van der Waals surface area (Å²) in [4.78, 5) is 44.6. The van der Waals surface area contributed by atoms with Gasteiger partial charge >= 0.3 is 5.97 Å². The van der Waals surface area contributed by atoms with Gasteiger partial charge in [0.25, 0.3) is 0 Å². The molecule has 0 saturated carbocycles. The van der Waals surface area contributed by atoms with Gasteiger partial charge in [0, 0.05) is 18.5 Å². The SMILES string of the molecule is CC(C)CC[C@H]1C[C@@H](C(=O)OCc2ccccc2)N(C(=O)[C@@H]2C[C@H](CCC(C)C)CN2C(=O)C(C)(C)C)C1. The lowest BCUT2D eigenvalue weighted by molar-refractivity contribution is -0.157. The van der Waals surface area contributed by atoms with Crippen molar-refractivity contribution >= 4 is 17.8 Å². The van der Waals surface area contributed by atoms with Crippen molar-refractivity contribution < 1.29 is 19.1 Å². The molecule has 0 unspecified atom stereocenters. The quantitative estimate of drug-likeness (QED) is 0.347. The average Bonchev–Trinajstić information content (AvgIpc) is 3.49. The Balaban J connectivity index is 1.80. The van der Waals surface area contributed by atoms with Crippen molar-refractivity contribution in [3.05, 3.63) is 35.9 Å². The van der Waals surface area contributed by atoms with Crippen molar-refractivity contribution in [3.63, 3.8) is 0 Å². The van der Waals surface area contributed by atoms with Gasteiger partial charge in [-0.2, -0.15) is 0 Å². The molecular weight excluding hydrogens is 476 g/mol. The highest BCUT2D eigenvalue weighted by Gasteiger charge is 2.48. The number of esters is 1. The molecule has 2 saturated heterocycles. The predicted octanol–water partition coefficient (Wildman–Crippen LogP) is 6.08. The molecule has 2 aliphatic heterocycles. The van der Waals surface area contributed by atoms with E-state index in [1.165, 1.54) is 0 Å². The Hall–Kier alpha value is -2.37. The van der Waals surface area contributed by atoms with E-state index in [9.17, 15) is 14.4 Å². The maximum absolute atomic E-state index is 14.2. The number of ether oxygens (including phenoxy) is 1. The zero-order chi connectivity index (χ0) is 28.0. The zero-order valence-corrected chi connectivity index (χ0v) is 24.7. The highest BCUT2D eigenvalue weighted by Crippen LogP contribution is 2.36. The predicted molar refractivity (Wildman–Crippen MR) is 151 cm³/mol. The van der Waals surface area contributed by atoms with Crippen LogP contribution >= 0.6 is 0 Å². The molecule has 0 spiro atoms. The molecule has 2 aliphatic rings. The molecule has 2 heterocycles. The minimum Gasteiger partial charge on any atom is -0.459 e. The second kappa shape index (κ2) is 13.1. The van der Waals surface area contributed by atoms with Gasteiger partial charge in [-0.25, -0.2) is 4.79 Å². The largest absolute Gasteiger partial charge is 0.459 e. The Morgan fingerprint density at radius 3 is 1.89 bits per heavy atom. The minimum atomic E-state index is -0.593. The smallest absolute Gasteiger partial charge is 0.329 e. The molecule has 6 heteroatoms. The van der Waals surface area contributed by atoms with Crippen molar-refractivity contribution in [3.8, 4) is 0 Å². The topological polar surface area (TPSA) is 66.9 Å². The number of amides is 2. The van der Waals surface area contributed by atoms with E-state index >= 15 is 0 Å². The highest BCUT2D eigenvalue weighted by atomic mass is 16.5. The van der Waals surface area contributed by atoms with Crippen LogP contribution in [0.5, 0.6) is 0 Å². The van der Waals surface area contributed by atoms with E-state index in [4.69, 9.17) is 4.74 Å². The Morgan fingerprint density at radius 2 is 1.37 bits per heavy atom. The number of hydrogen-bond donors (Lipinski definition) is 0. The molecule has 0 aliphatic carbocycles. The summed E-state index contributed by atoms with van der Waals surface area (Å²) in [6, 6.07) is 8.55. The van der Waals surface area contributed by atoms with Gasteiger partial charge in [-0.3, -0.25) is 9.59 Å². The molecule has 1 aromatic rings. The Labute approximate surface area is 230 Å². The van der Waals surface area contributed by atoms with Crippen LogP contribution in [-0.4, -0.2) is 52.8 Å². The molecule has 0 bridgehead atoms. The molecule has 0 radical (unpaired) electrons. The fourth-order valence-electron chi connectivity index (χ4n) is 5.77. The summed E-state index contributed by atoms with van der Waals surface area (Å²) < 4.78 is 5.73. The van der Waals surface area contributed by atoms with E-state index in [1.807, 2.05) is 56.0 Å². The van der Waals surface area contributed by atoms with E-state index in [0.717, 1.165) is 31.2 Å². The van der Waals surface area contributed by atoms with E-state index in [2.05, 4.69) is 27.7 Å². The maximum atomic E-state index is 14.2. The number of hydrogen-bond acceptors (Lipinski definition) is 4. The molecule has 212 valence electrons. The summed E-state index contributed by atoms with van der Waals surface area (Å²) in [6.45, 7) is 16.0. The summed E-state index contributed by atoms with van der Waals surface area (Å²) in [5.41, 5.74) is 0.364. The lowest BCUT2D eigenvalue weighted by Crippen LogP contribution is -2.53. The van der Waals surface area contributed by atoms with E-state index in [0.29, 0.717) is 43.7 Å². The molecule has 1 aromatic carbocycles. The number of rotatable bonds is 10. The number of carbonyl (C=O) groups excluding carboxylic acids is 3. The molecule has 38 heavy (non-hydrogen) atoms.